The molecule has 1 atom stereocenters. The molecule has 5 aromatic carbocycles. The summed E-state index contributed by atoms with van der Waals surface area (Å²) >= 11 is 1.59. The van der Waals surface area contributed by atoms with Crippen LogP contribution < -0.4 is 10.2 Å². The van der Waals surface area contributed by atoms with Crippen LogP contribution in [0.3, 0.4) is 0 Å². The van der Waals surface area contributed by atoms with Crippen molar-refractivity contribution >= 4 is 70.4 Å². The minimum absolute atomic E-state index is 0.0672. The number of anilines is 3. The Morgan fingerprint density at radius 3 is 2.27 bits per heavy atom. The normalized spacial score (nSPS) is 15.4. The van der Waals surface area contributed by atoms with Crippen LogP contribution in [0.25, 0.3) is 53.1 Å². The number of fused-ring (bicyclic) bond motifs is 7. The van der Waals surface area contributed by atoms with Crippen molar-refractivity contribution in [3.8, 4) is 17.2 Å². The van der Waals surface area contributed by atoms with E-state index in [1.165, 1.54) is 21.9 Å². The number of pyridine rings is 2. The predicted molar refractivity (Wildman–Crippen MR) is 214 cm³/mol. The van der Waals surface area contributed by atoms with Gasteiger partial charge in [-0.25, -0.2) is 4.98 Å². The summed E-state index contributed by atoms with van der Waals surface area (Å²) in [5.74, 6) is 0.300. The highest BCUT2D eigenvalue weighted by Gasteiger charge is 2.38. The molecule has 0 fully saturated rings. The van der Waals surface area contributed by atoms with E-state index in [-0.39, 0.29) is 23.7 Å². The molecule has 3 aromatic heterocycles. The molecule has 1 aliphatic rings. The van der Waals surface area contributed by atoms with Gasteiger partial charge in [0.15, 0.2) is 0 Å². The number of aromatic nitrogens is 2. The van der Waals surface area contributed by atoms with Gasteiger partial charge in [-0.1, -0.05) is 94.4 Å². The van der Waals surface area contributed by atoms with Crippen LogP contribution in [0.4, 0.5) is 17.1 Å². The first-order valence-corrected chi connectivity index (χ1v) is 18.2. The molecular weight excluding hydrogens is 643 g/mol. The van der Waals surface area contributed by atoms with Crippen molar-refractivity contribution in [2.75, 3.05) is 10.2 Å². The summed E-state index contributed by atoms with van der Waals surface area (Å²) in [6, 6.07) is 39.7. The monoisotopic (exact) mass is 682 g/mol. The zero-order valence-corrected chi connectivity index (χ0v) is 29.6. The van der Waals surface area contributed by atoms with E-state index < -0.39 is 6.85 Å². The van der Waals surface area contributed by atoms with Crippen LogP contribution in [0.2, 0.25) is 0 Å². The van der Waals surface area contributed by atoms with Gasteiger partial charge in [-0.2, -0.15) is 5.26 Å². The molecule has 0 saturated heterocycles. The molecule has 0 radical (unpaired) electrons. The number of nitrogens with zero attached hydrogens (tertiary/aromatic N) is 4. The molecular formula is C45H37N5S. The van der Waals surface area contributed by atoms with Crippen molar-refractivity contribution < 1.29 is 4.11 Å². The SMILES string of the molecule is [2H]C([2H])([2H])c1ccc2ccc3c(c2n1)N(c1c(C(C)C)cc(-c2ccc4ccccc4c2)cc1C(C)C)C(c1cccc2c1sc1nc(C#N)ccc12)N3. The van der Waals surface area contributed by atoms with Gasteiger partial charge in [-0.05, 0) is 94.2 Å². The molecule has 1 aliphatic heterocycles. The molecule has 8 aromatic rings. The number of nitrogens with one attached hydrogen (secondary N) is 1. The Balaban J connectivity index is 1.35. The highest BCUT2D eigenvalue weighted by Crippen LogP contribution is 2.54. The Hall–Kier alpha value is -5.77. The van der Waals surface area contributed by atoms with Gasteiger partial charge in [0.25, 0.3) is 0 Å². The summed E-state index contributed by atoms with van der Waals surface area (Å²) in [6.45, 7) is 6.61. The first-order chi connectivity index (χ1) is 26.0. The van der Waals surface area contributed by atoms with Crippen molar-refractivity contribution in [1.82, 2.24) is 9.97 Å². The fourth-order valence-corrected chi connectivity index (χ4v) is 8.90. The van der Waals surface area contributed by atoms with Gasteiger partial charge < -0.3 is 10.2 Å². The van der Waals surface area contributed by atoms with Gasteiger partial charge in [-0.3, -0.25) is 4.98 Å². The second-order valence-electron chi connectivity index (χ2n) is 14.0. The Kier molecular flexibility index (Phi) is 6.55. The van der Waals surface area contributed by atoms with E-state index in [0.717, 1.165) is 59.4 Å². The van der Waals surface area contributed by atoms with Crippen LogP contribution in [-0.2, 0) is 0 Å². The molecule has 248 valence electrons. The van der Waals surface area contributed by atoms with Gasteiger partial charge in [0.05, 0.1) is 22.6 Å². The van der Waals surface area contributed by atoms with Crippen molar-refractivity contribution in [2.45, 2.75) is 52.5 Å². The van der Waals surface area contributed by atoms with Gasteiger partial charge in [0.2, 0.25) is 0 Å². The lowest BCUT2D eigenvalue weighted by Gasteiger charge is -2.34. The largest absolute Gasteiger partial charge is 0.359 e. The van der Waals surface area contributed by atoms with Crippen LogP contribution in [0.1, 0.15) is 77.9 Å². The molecule has 4 heterocycles. The third-order valence-electron chi connectivity index (χ3n) is 10.2. The molecule has 51 heavy (non-hydrogen) atoms. The number of nitriles is 1. The highest BCUT2D eigenvalue weighted by atomic mass is 32.1. The minimum atomic E-state index is -2.36. The van der Waals surface area contributed by atoms with Crippen LogP contribution in [-0.4, -0.2) is 9.97 Å². The van der Waals surface area contributed by atoms with E-state index in [1.807, 2.05) is 18.2 Å². The number of hydrogen-bond donors (Lipinski definition) is 1. The Morgan fingerprint density at radius 2 is 1.51 bits per heavy atom. The van der Waals surface area contributed by atoms with Gasteiger partial charge >= 0.3 is 0 Å². The zero-order valence-electron chi connectivity index (χ0n) is 31.8. The third kappa shape index (κ3) is 5.03. The predicted octanol–water partition coefficient (Wildman–Crippen LogP) is 12.5. The van der Waals surface area contributed by atoms with Crippen molar-refractivity contribution in [3.05, 3.63) is 137 Å². The Labute approximate surface area is 306 Å². The number of hydrogen-bond acceptors (Lipinski definition) is 6. The summed E-state index contributed by atoms with van der Waals surface area (Å²) in [5, 5.41) is 18.9. The van der Waals surface area contributed by atoms with E-state index in [1.54, 1.807) is 23.5 Å². The van der Waals surface area contributed by atoms with Crippen LogP contribution in [0.5, 0.6) is 0 Å². The number of thiophene rings is 1. The minimum Gasteiger partial charge on any atom is -0.359 e. The van der Waals surface area contributed by atoms with Crippen LogP contribution in [0, 0.1) is 18.2 Å². The molecule has 0 spiro atoms. The molecule has 9 rings (SSSR count). The summed E-state index contributed by atoms with van der Waals surface area (Å²) in [6.07, 6.45) is -0.363. The number of benzene rings is 5. The molecule has 0 aliphatic carbocycles. The van der Waals surface area contributed by atoms with Crippen LogP contribution in [0.15, 0.2) is 109 Å². The van der Waals surface area contributed by atoms with E-state index >= 15 is 0 Å². The lowest BCUT2D eigenvalue weighted by molar-refractivity contribution is 0.780. The molecule has 6 heteroatoms. The first kappa shape index (κ1) is 28.0. The van der Waals surface area contributed by atoms with E-state index in [4.69, 9.17) is 9.10 Å². The molecule has 1 N–H and O–H groups in total. The van der Waals surface area contributed by atoms with E-state index in [2.05, 4.69) is 128 Å². The number of rotatable bonds is 5. The molecule has 0 bridgehead atoms. The number of aryl methyl sites for hydroxylation is 1. The summed E-state index contributed by atoms with van der Waals surface area (Å²) in [7, 11) is 0. The van der Waals surface area contributed by atoms with E-state index in [0.29, 0.717) is 11.2 Å². The maximum Gasteiger partial charge on any atom is 0.142 e. The highest BCUT2D eigenvalue weighted by molar-refractivity contribution is 7.25. The Bertz CT molecular complexity index is 2820. The first-order valence-electron chi connectivity index (χ1n) is 18.9. The van der Waals surface area contributed by atoms with Crippen molar-refractivity contribution in [2.24, 2.45) is 0 Å². The zero-order chi connectivity index (χ0) is 37.5. The fourth-order valence-electron chi connectivity index (χ4n) is 7.69. The summed E-state index contributed by atoms with van der Waals surface area (Å²) in [4.78, 5) is 12.8. The second kappa shape index (κ2) is 11.9. The van der Waals surface area contributed by atoms with Crippen LogP contribution >= 0.6 is 11.3 Å². The molecule has 5 nitrogen and oxygen atoms in total. The van der Waals surface area contributed by atoms with Crippen molar-refractivity contribution in [3.63, 3.8) is 0 Å². The molecule has 1 unspecified atom stereocenters. The lowest BCUT2D eigenvalue weighted by Crippen LogP contribution is -2.26. The summed E-state index contributed by atoms with van der Waals surface area (Å²) < 4.78 is 25.9. The van der Waals surface area contributed by atoms with E-state index in [9.17, 15) is 5.26 Å². The topological polar surface area (TPSA) is 64.8 Å². The third-order valence-corrected chi connectivity index (χ3v) is 11.3. The second-order valence-corrected chi connectivity index (χ2v) is 15.0. The maximum atomic E-state index is 9.63. The molecule has 0 amide bonds. The standard InChI is InChI=1S/C45H37N5S/c1-25(2)37-22-32(31-16-15-28-9-6-7-10-30(28)21-31)23-38(26(3)4)41(37)50-42-39(20-17-29-14-13-27(5)47-40(29)42)49-44(50)36-12-8-11-34-35-19-18-33(24-46)48-45(35)51-43(34)36/h6-23,25-26,44,49H,1-5H3/i5D3. The maximum absolute atomic E-state index is 9.63. The average Bonchev–Trinajstić information content (AvgIpc) is 3.75. The van der Waals surface area contributed by atoms with Gasteiger partial charge in [0, 0.05) is 36.2 Å². The lowest BCUT2D eigenvalue weighted by atomic mass is 9.87. The molecule has 0 saturated carbocycles. The summed E-state index contributed by atoms with van der Waals surface area (Å²) in [5.41, 5.74) is 9.70. The Morgan fingerprint density at radius 1 is 0.745 bits per heavy atom. The average molecular weight is 683 g/mol. The van der Waals surface area contributed by atoms with Gasteiger partial charge in [0.1, 0.15) is 22.8 Å². The van der Waals surface area contributed by atoms with Crippen molar-refractivity contribution in [1.29, 1.82) is 5.26 Å². The fraction of sp³-hybridized carbons (Fsp3) is 0.178. The quantitative estimate of drug-likeness (QED) is 0.196. The smallest absolute Gasteiger partial charge is 0.142 e. The van der Waals surface area contributed by atoms with Gasteiger partial charge in [-0.15, -0.1) is 11.3 Å².